The SMILES string of the molecule is Cc1ccc(F)cc1C(=O)Nc1ccc(C(=O)N2CCc3ccccc3-c3sccc32)c(Cl)c1. The van der Waals surface area contributed by atoms with Gasteiger partial charge in [0.15, 0.2) is 0 Å². The molecule has 1 N–H and O–H groups in total. The lowest BCUT2D eigenvalue weighted by molar-refractivity contribution is 0.0986. The van der Waals surface area contributed by atoms with Gasteiger partial charge in [0.25, 0.3) is 11.8 Å². The first-order valence-electron chi connectivity index (χ1n) is 10.8. The van der Waals surface area contributed by atoms with Crippen LogP contribution in [0.15, 0.2) is 72.1 Å². The van der Waals surface area contributed by atoms with Crippen molar-refractivity contribution < 1.29 is 14.0 Å². The van der Waals surface area contributed by atoms with E-state index in [2.05, 4.69) is 17.4 Å². The first kappa shape index (κ1) is 22.3. The molecule has 3 aromatic carbocycles. The number of thiophene rings is 1. The quantitative estimate of drug-likeness (QED) is 0.337. The number of halogens is 2. The maximum absolute atomic E-state index is 13.6. The van der Waals surface area contributed by atoms with Crippen LogP contribution >= 0.6 is 22.9 Å². The Kier molecular flexibility index (Phi) is 5.94. The third-order valence-corrected chi connectivity index (χ3v) is 7.20. The van der Waals surface area contributed by atoms with E-state index in [-0.39, 0.29) is 16.5 Å². The van der Waals surface area contributed by atoms with Crippen LogP contribution in [-0.2, 0) is 6.42 Å². The van der Waals surface area contributed by atoms with Crippen molar-refractivity contribution in [2.75, 3.05) is 16.8 Å². The number of anilines is 2. The molecular weight excluding hydrogens is 471 g/mol. The third kappa shape index (κ3) is 4.11. The topological polar surface area (TPSA) is 49.4 Å². The van der Waals surface area contributed by atoms with E-state index in [0.29, 0.717) is 23.4 Å². The third-order valence-electron chi connectivity index (χ3n) is 5.95. The van der Waals surface area contributed by atoms with Gasteiger partial charge in [-0.05, 0) is 71.8 Å². The van der Waals surface area contributed by atoms with Gasteiger partial charge in [-0.25, -0.2) is 4.39 Å². The molecule has 1 aromatic heterocycles. The van der Waals surface area contributed by atoms with Crippen LogP contribution in [0.2, 0.25) is 5.02 Å². The Morgan fingerprint density at radius 1 is 1.03 bits per heavy atom. The summed E-state index contributed by atoms with van der Waals surface area (Å²) >= 11 is 8.11. The largest absolute Gasteiger partial charge is 0.322 e. The predicted octanol–water partition coefficient (Wildman–Crippen LogP) is 6.97. The Morgan fingerprint density at radius 3 is 2.68 bits per heavy atom. The second-order valence-corrected chi connectivity index (χ2v) is 9.43. The standard InChI is InChI=1S/C27H20ClFN2O2S/c1-16-6-7-18(29)14-22(16)26(32)30-19-8-9-21(23(28)15-19)27(33)31-12-10-17-4-2-3-5-20(17)25-24(31)11-13-34-25/h2-9,11,13-15H,10,12H2,1H3,(H,30,32). The minimum absolute atomic E-state index is 0.198. The number of nitrogens with zero attached hydrogens (tertiary/aromatic N) is 1. The molecule has 0 saturated heterocycles. The van der Waals surface area contributed by atoms with Crippen molar-refractivity contribution >= 4 is 46.1 Å². The van der Waals surface area contributed by atoms with Gasteiger partial charge >= 0.3 is 0 Å². The molecule has 0 atom stereocenters. The Hall–Kier alpha value is -3.48. The average Bonchev–Trinajstić information content (AvgIpc) is 3.24. The molecule has 0 spiro atoms. The number of hydrogen-bond donors (Lipinski definition) is 1. The summed E-state index contributed by atoms with van der Waals surface area (Å²) in [4.78, 5) is 29.0. The number of fused-ring (bicyclic) bond motifs is 3. The molecule has 170 valence electrons. The maximum Gasteiger partial charge on any atom is 0.259 e. The number of carbonyl (C=O) groups is 2. The summed E-state index contributed by atoms with van der Waals surface area (Å²) in [5.41, 5.74) is 4.91. The molecule has 5 rings (SSSR count). The normalized spacial score (nSPS) is 12.5. The predicted molar refractivity (Wildman–Crippen MR) is 136 cm³/mol. The van der Waals surface area contributed by atoms with Crippen molar-refractivity contribution in [3.8, 4) is 10.4 Å². The number of benzene rings is 3. The minimum atomic E-state index is -0.484. The number of hydrogen-bond acceptors (Lipinski definition) is 3. The second kappa shape index (κ2) is 9.05. The van der Waals surface area contributed by atoms with Gasteiger partial charge in [-0.1, -0.05) is 41.9 Å². The summed E-state index contributed by atoms with van der Waals surface area (Å²) in [6.45, 7) is 2.27. The van der Waals surface area contributed by atoms with Gasteiger partial charge in [0.05, 0.1) is 21.2 Å². The van der Waals surface area contributed by atoms with Crippen molar-refractivity contribution in [2.24, 2.45) is 0 Å². The van der Waals surface area contributed by atoms with Gasteiger partial charge in [-0.3, -0.25) is 9.59 Å². The molecule has 7 heteroatoms. The summed E-state index contributed by atoms with van der Waals surface area (Å²) < 4.78 is 13.6. The van der Waals surface area contributed by atoms with E-state index >= 15 is 0 Å². The summed E-state index contributed by atoms with van der Waals surface area (Å²) in [7, 11) is 0. The van der Waals surface area contributed by atoms with E-state index in [9.17, 15) is 14.0 Å². The average molecular weight is 491 g/mol. The highest BCUT2D eigenvalue weighted by molar-refractivity contribution is 7.14. The van der Waals surface area contributed by atoms with E-state index in [0.717, 1.165) is 22.5 Å². The molecule has 0 fully saturated rings. The monoisotopic (exact) mass is 490 g/mol. The minimum Gasteiger partial charge on any atom is -0.322 e. The first-order valence-corrected chi connectivity index (χ1v) is 12.0. The molecule has 1 aliphatic heterocycles. The van der Waals surface area contributed by atoms with E-state index in [4.69, 9.17) is 11.6 Å². The number of aryl methyl sites for hydroxylation is 1. The van der Waals surface area contributed by atoms with Gasteiger partial charge in [-0.2, -0.15) is 0 Å². The summed E-state index contributed by atoms with van der Waals surface area (Å²) in [5.74, 6) is -1.13. The van der Waals surface area contributed by atoms with Crippen LogP contribution in [0.5, 0.6) is 0 Å². The maximum atomic E-state index is 13.6. The van der Waals surface area contributed by atoms with Crippen LogP contribution in [0.4, 0.5) is 15.8 Å². The van der Waals surface area contributed by atoms with Crippen LogP contribution in [0.25, 0.3) is 10.4 Å². The zero-order chi connectivity index (χ0) is 23.8. The zero-order valence-corrected chi connectivity index (χ0v) is 19.8. The molecule has 4 aromatic rings. The number of nitrogens with one attached hydrogen (secondary N) is 1. The lowest BCUT2D eigenvalue weighted by Crippen LogP contribution is -2.32. The Balaban J connectivity index is 1.41. The van der Waals surface area contributed by atoms with E-state index in [1.807, 2.05) is 23.6 Å². The molecule has 2 heterocycles. The van der Waals surface area contributed by atoms with Crippen molar-refractivity contribution in [2.45, 2.75) is 13.3 Å². The molecule has 1 aliphatic rings. The number of amides is 2. The van der Waals surface area contributed by atoms with E-state index in [1.165, 1.54) is 17.7 Å². The molecule has 0 radical (unpaired) electrons. The smallest absolute Gasteiger partial charge is 0.259 e. The van der Waals surface area contributed by atoms with Crippen molar-refractivity contribution in [3.63, 3.8) is 0 Å². The van der Waals surface area contributed by atoms with Crippen molar-refractivity contribution in [1.82, 2.24) is 0 Å². The molecular formula is C27H20ClFN2O2S. The fourth-order valence-electron chi connectivity index (χ4n) is 4.19. The number of rotatable bonds is 3. The summed E-state index contributed by atoms with van der Waals surface area (Å²) in [6, 6.07) is 19.0. The zero-order valence-electron chi connectivity index (χ0n) is 18.3. The molecule has 0 aliphatic carbocycles. The fourth-order valence-corrected chi connectivity index (χ4v) is 5.41. The first-order chi connectivity index (χ1) is 16.4. The van der Waals surface area contributed by atoms with Crippen LogP contribution in [0, 0.1) is 12.7 Å². The highest BCUT2D eigenvalue weighted by atomic mass is 35.5. The highest BCUT2D eigenvalue weighted by Crippen LogP contribution is 2.41. The molecule has 0 unspecified atom stereocenters. The Labute approximate surface area is 205 Å². The lowest BCUT2D eigenvalue weighted by atomic mass is 10.0. The Bertz CT molecular complexity index is 1430. The van der Waals surface area contributed by atoms with Gasteiger partial charge in [-0.15, -0.1) is 11.3 Å². The van der Waals surface area contributed by atoms with E-state index in [1.54, 1.807) is 47.4 Å². The molecule has 0 saturated carbocycles. The Morgan fingerprint density at radius 2 is 1.85 bits per heavy atom. The van der Waals surface area contributed by atoms with Crippen LogP contribution in [0.1, 0.15) is 31.8 Å². The number of carbonyl (C=O) groups excluding carboxylic acids is 2. The van der Waals surface area contributed by atoms with Gasteiger partial charge in [0.1, 0.15) is 5.82 Å². The van der Waals surface area contributed by atoms with Gasteiger partial charge in [0, 0.05) is 17.8 Å². The molecule has 2 amide bonds. The molecule has 34 heavy (non-hydrogen) atoms. The molecule has 0 bridgehead atoms. The van der Waals surface area contributed by atoms with Crippen LogP contribution in [0.3, 0.4) is 0 Å². The van der Waals surface area contributed by atoms with Crippen molar-refractivity contribution in [1.29, 1.82) is 0 Å². The fraction of sp³-hybridized carbons (Fsp3) is 0.111. The molecule has 4 nitrogen and oxygen atoms in total. The van der Waals surface area contributed by atoms with Crippen LogP contribution in [-0.4, -0.2) is 18.4 Å². The van der Waals surface area contributed by atoms with Crippen molar-refractivity contribution in [3.05, 3.63) is 105 Å². The summed E-state index contributed by atoms with van der Waals surface area (Å²) in [6.07, 6.45) is 0.738. The van der Waals surface area contributed by atoms with Crippen LogP contribution < -0.4 is 10.2 Å². The van der Waals surface area contributed by atoms with Gasteiger partial charge in [0.2, 0.25) is 0 Å². The lowest BCUT2D eigenvalue weighted by Gasteiger charge is -2.22. The van der Waals surface area contributed by atoms with E-state index < -0.39 is 11.7 Å². The van der Waals surface area contributed by atoms with Gasteiger partial charge < -0.3 is 10.2 Å². The highest BCUT2D eigenvalue weighted by Gasteiger charge is 2.27. The summed E-state index contributed by atoms with van der Waals surface area (Å²) in [5, 5.41) is 4.95. The second-order valence-electron chi connectivity index (χ2n) is 8.11.